The molecule has 0 aromatic heterocycles. The lowest BCUT2D eigenvalue weighted by Crippen LogP contribution is -2.32. The maximum atomic E-state index is 11.2. The minimum absolute atomic E-state index is 0.171. The van der Waals surface area contributed by atoms with Crippen LogP contribution in [-0.2, 0) is 4.79 Å². The molecule has 2 N–H and O–H groups in total. The molecule has 0 radical (unpaired) electrons. The zero-order valence-corrected chi connectivity index (χ0v) is 20.5. The van der Waals surface area contributed by atoms with Crippen LogP contribution in [0.4, 0.5) is 0 Å². The zero-order chi connectivity index (χ0) is 22.1. The van der Waals surface area contributed by atoms with Gasteiger partial charge in [0, 0.05) is 26.6 Å². The number of carbonyl (C=O) groups excluding carboxylic acids is 1. The Bertz CT molecular complexity index is 937. The Labute approximate surface area is 196 Å². The number of nitrogens with zero attached hydrogens (tertiary/aromatic N) is 1. The predicted molar refractivity (Wildman–Crippen MR) is 126 cm³/mol. The zero-order valence-electron chi connectivity index (χ0n) is 17.4. The highest BCUT2D eigenvalue weighted by atomic mass is 79.9. The van der Waals surface area contributed by atoms with Crippen molar-refractivity contribution in [2.75, 3.05) is 6.73 Å². The summed E-state index contributed by atoms with van der Waals surface area (Å²) >= 11 is 16.5. The molecular formula is C23H27BrCl2N2O2. The van der Waals surface area contributed by atoms with Gasteiger partial charge in [0.15, 0.2) is 0 Å². The van der Waals surface area contributed by atoms with E-state index in [4.69, 9.17) is 23.2 Å². The molecule has 0 saturated carbocycles. The maximum absolute atomic E-state index is 11.2. The fourth-order valence-corrected chi connectivity index (χ4v) is 5.33. The summed E-state index contributed by atoms with van der Waals surface area (Å²) in [4.78, 5) is 13.2. The van der Waals surface area contributed by atoms with Gasteiger partial charge in [-0.3, -0.25) is 0 Å². The average molecular weight is 514 g/mol. The van der Waals surface area contributed by atoms with Gasteiger partial charge in [-0.1, -0.05) is 65.1 Å². The second kappa shape index (κ2) is 9.47. The van der Waals surface area contributed by atoms with E-state index in [0.717, 1.165) is 51.8 Å². The molecule has 2 aliphatic rings. The first-order valence-electron chi connectivity index (χ1n) is 10.0. The smallest absolute Gasteiger partial charge is 0.120 e. The van der Waals surface area contributed by atoms with Crippen molar-refractivity contribution in [1.82, 2.24) is 10.2 Å². The van der Waals surface area contributed by atoms with E-state index in [0.29, 0.717) is 22.9 Å². The third-order valence-electron chi connectivity index (χ3n) is 5.70. The lowest BCUT2D eigenvalue weighted by molar-refractivity contribution is -0.109. The van der Waals surface area contributed by atoms with Crippen LogP contribution in [0.5, 0.6) is 0 Å². The quantitative estimate of drug-likeness (QED) is 0.429. The molecule has 0 bridgehead atoms. The van der Waals surface area contributed by atoms with Gasteiger partial charge in [-0.2, -0.15) is 0 Å². The van der Waals surface area contributed by atoms with E-state index < -0.39 is 0 Å². The number of allylic oxidation sites excluding steroid dienone is 3. The Morgan fingerprint density at radius 2 is 2.10 bits per heavy atom. The molecule has 0 amide bonds. The number of nitrogens with one attached hydrogen (secondary N) is 1. The second-order valence-corrected chi connectivity index (χ2v) is 10.4. The number of benzene rings is 1. The largest absolute Gasteiger partial charge is 0.376 e. The molecule has 1 aliphatic carbocycles. The third kappa shape index (κ3) is 4.80. The molecule has 0 spiro atoms. The van der Waals surface area contributed by atoms with Crippen LogP contribution in [0.1, 0.15) is 58.1 Å². The normalized spacial score (nSPS) is 19.9. The van der Waals surface area contributed by atoms with E-state index in [2.05, 4.69) is 48.1 Å². The Morgan fingerprint density at radius 3 is 2.73 bits per heavy atom. The van der Waals surface area contributed by atoms with Crippen LogP contribution >= 0.6 is 39.1 Å². The molecule has 4 nitrogen and oxygen atoms in total. The van der Waals surface area contributed by atoms with Crippen LogP contribution in [0.25, 0.3) is 0 Å². The molecule has 1 aromatic rings. The van der Waals surface area contributed by atoms with Crippen LogP contribution < -0.4 is 5.32 Å². The molecule has 1 atom stereocenters. The number of halogens is 3. The van der Waals surface area contributed by atoms with Crippen LogP contribution in [-0.4, -0.2) is 23.0 Å². The minimum atomic E-state index is -0.277. The Kier molecular flexibility index (Phi) is 7.39. The number of fused-ring (bicyclic) bond motifs is 1. The van der Waals surface area contributed by atoms with Crippen LogP contribution in [0, 0.1) is 5.41 Å². The molecule has 0 fully saturated rings. The van der Waals surface area contributed by atoms with Gasteiger partial charge in [-0.25, -0.2) is 0 Å². The number of aliphatic hydroxyl groups excluding tert-OH is 1. The van der Waals surface area contributed by atoms with Crippen molar-refractivity contribution in [2.24, 2.45) is 5.41 Å². The fourth-order valence-electron chi connectivity index (χ4n) is 4.15. The molecule has 0 saturated heterocycles. The van der Waals surface area contributed by atoms with E-state index in [1.54, 1.807) is 6.07 Å². The van der Waals surface area contributed by atoms with Crippen molar-refractivity contribution in [3.05, 3.63) is 67.0 Å². The highest BCUT2D eigenvalue weighted by molar-refractivity contribution is 9.11. The van der Waals surface area contributed by atoms with Crippen molar-refractivity contribution in [1.29, 1.82) is 0 Å². The highest BCUT2D eigenvalue weighted by Crippen LogP contribution is 2.45. The maximum Gasteiger partial charge on any atom is 0.120 e. The van der Waals surface area contributed by atoms with Gasteiger partial charge in [-0.15, -0.1) is 0 Å². The number of hydrogen-bond donors (Lipinski definition) is 2. The number of carbonyl (C=O) groups is 1. The Morgan fingerprint density at radius 1 is 1.37 bits per heavy atom. The van der Waals surface area contributed by atoms with Gasteiger partial charge >= 0.3 is 0 Å². The molecule has 162 valence electrons. The molecule has 1 unspecified atom stereocenters. The SMILES string of the molecule is CC1=C(CC(C)(C)CC=O)NC2=CCCC(Br)=C2N(CO)C1c1ccc(Cl)cc1Cl. The summed E-state index contributed by atoms with van der Waals surface area (Å²) < 4.78 is 1.04. The number of aldehydes is 1. The number of aliphatic hydroxyl groups is 1. The van der Waals surface area contributed by atoms with Gasteiger partial charge in [0.25, 0.3) is 0 Å². The molecule has 30 heavy (non-hydrogen) atoms. The van der Waals surface area contributed by atoms with Crippen molar-refractivity contribution in [3.63, 3.8) is 0 Å². The first kappa shape index (κ1) is 23.4. The van der Waals surface area contributed by atoms with Crippen molar-refractivity contribution < 1.29 is 9.90 Å². The van der Waals surface area contributed by atoms with Gasteiger partial charge in [0.05, 0.1) is 17.4 Å². The van der Waals surface area contributed by atoms with E-state index in [1.165, 1.54) is 0 Å². The molecule has 1 aromatic carbocycles. The van der Waals surface area contributed by atoms with Gasteiger partial charge in [0.1, 0.15) is 13.0 Å². The summed E-state index contributed by atoms with van der Waals surface area (Å²) in [5.74, 6) is 0. The predicted octanol–water partition coefficient (Wildman–Crippen LogP) is 6.45. The number of rotatable bonds is 6. The van der Waals surface area contributed by atoms with Crippen LogP contribution in [0.3, 0.4) is 0 Å². The van der Waals surface area contributed by atoms with E-state index >= 15 is 0 Å². The second-order valence-electron chi connectivity index (χ2n) is 8.59. The van der Waals surface area contributed by atoms with E-state index in [9.17, 15) is 9.90 Å². The summed E-state index contributed by atoms with van der Waals surface area (Å²) in [6, 6.07) is 5.19. The monoisotopic (exact) mass is 512 g/mol. The lowest BCUT2D eigenvalue weighted by atomic mass is 9.83. The number of hydrogen-bond acceptors (Lipinski definition) is 4. The highest BCUT2D eigenvalue weighted by Gasteiger charge is 2.35. The molecule has 3 rings (SSSR count). The minimum Gasteiger partial charge on any atom is -0.376 e. The third-order valence-corrected chi connectivity index (χ3v) is 7.03. The summed E-state index contributed by atoms with van der Waals surface area (Å²) in [7, 11) is 0. The fraction of sp³-hybridized carbons (Fsp3) is 0.435. The topological polar surface area (TPSA) is 52.6 Å². The first-order valence-corrected chi connectivity index (χ1v) is 11.6. The van der Waals surface area contributed by atoms with Crippen molar-refractivity contribution in [2.45, 2.75) is 52.5 Å². The molecule has 1 heterocycles. The average Bonchev–Trinajstić information content (AvgIpc) is 2.77. The van der Waals surface area contributed by atoms with Crippen LogP contribution in [0.2, 0.25) is 10.0 Å². The van der Waals surface area contributed by atoms with Gasteiger partial charge in [0.2, 0.25) is 0 Å². The summed E-state index contributed by atoms with van der Waals surface area (Å²) in [5.41, 5.74) is 4.66. The first-order chi connectivity index (χ1) is 14.2. The summed E-state index contributed by atoms with van der Waals surface area (Å²) in [6.45, 7) is 6.06. The van der Waals surface area contributed by atoms with Crippen LogP contribution in [0.15, 0.2) is 51.4 Å². The van der Waals surface area contributed by atoms with E-state index in [1.807, 2.05) is 17.0 Å². The van der Waals surface area contributed by atoms with Gasteiger partial charge in [-0.05, 0) is 54.9 Å². The molecule has 7 heteroatoms. The Hall–Kier alpha value is -1.27. The van der Waals surface area contributed by atoms with Gasteiger partial charge < -0.3 is 20.1 Å². The molecular weight excluding hydrogens is 487 g/mol. The Balaban J connectivity index is 2.21. The summed E-state index contributed by atoms with van der Waals surface area (Å²) in [6.07, 6.45) is 6.07. The van der Waals surface area contributed by atoms with E-state index in [-0.39, 0.29) is 18.2 Å². The standard InChI is InChI=1S/C23H27BrCl2N2O2/c1-14-20(12-23(2,3)9-10-29)27-19-6-4-5-17(24)22(19)28(13-30)21(14)16-8-7-15(25)11-18(16)26/h6-8,10-11,21,27,30H,4-5,9,12-13H2,1-3H3. The summed E-state index contributed by atoms with van der Waals surface area (Å²) in [5, 5.41) is 15.2. The lowest BCUT2D eigenvalue weighted by Gasteiger charge is -2.35. The molecule has 1 aliphatic heterocycles. The van der Waals surface area contributed by atoms with Crippen molar-refractivity contribution in [3.8, 4) is 0 Å². The van der Waals surface area contributed by atoms with Crippen molar-refractivity contribution >= 4 is 45.4 Å².